The molecule has 214 valence electrons. The highest BCUT2D eigenvalue weighted by molar-refractivity contribution is 5.92. The molecule has 1 aromatic heterocycles. The van der Waals surface area contributed by atoms with E-state index in [4.69, 9.17) is 0 Å². The van der Waals surface area contributed by atoms with Gasteiger partial charge in [0, 0.05) is 38.2 Å². The Hall–Kier alpha value is -4.20. The summed E-state index contributed by atoms with van der Waals surface area (Å²) in [5.74, 6) is 0.850. The van der Waals surface area contributed by atoms with Gasteiger partial charge in [0.2, 0.25) is 11.8 Å². The van der Waals surface area contributed by atoms with Crippen LogP contribution in [-0.4, -0.2) is 46.0 Å². The predicted octanol–water partition coefficient (Wildman–Crippen LogP) is 6.43. The Morgan fingerprint density at radius 2 is 1.61 bits per heavy atom. The summed E-state index contributed by atoms with van der Waals surface area (Å²) in [7, 11) is 1.86. The Morgan fingerprint density at radius 1 is 0.951 bits per heavy atom. The van der Waals surface area contributed by atoms with Crippen molar-refractivity contribution in [2.24, 2.45) is 5.92 Å². The molecular formula is C33H38N4O4. The fraction of sp³-hybridized carbons (Fsp3) is 0.394. The zero-order chi connectivity index (χ0) is 29.0. The second kappa shape index (κ2) is 12.1. The summed E-state index contributed by atoms with van der Waals surface area (Å²) in [5.41, 5.74) is 4.33. The number of nitrogens with zero attached hydrogens (tertiary/aromatic N) is 2. The number of hydrogen-bond donors (Lipinski definition) is 3. The Bertz CT molecular complexity index is 1390. The number of benzene rings is 2. The lowest BCUT2D eigenvalue weighted by Crippen LogP contribution is -2.50. The van der Waals surface area contributed by atoms with Gasteiger partial charge in [-0.05, 0) is 79.2 Å². The van der Waals surface area contributed by atoms with E-state index in [0.29, 0.717) is 18.2 Å². The summed E-state index contributed by atoms with van der Waals surface area (Å²) in [6, 6.07) is 20.2. The van der Waals surface area contributed by atoms with Crippen LogP contribution in [0, 0.1) is 5.92 Å². The number of anilines is 1. The third-order valence-corrected chi connectivity index (χ3v) is 8.89. The smallest absolute Gasteiger partial charge is 0.405 e. The van der Waals surface area contributed by atoms with Crippen molar-refractivity contribution in [3.63, 3.8) is 0 Å². The molecule has 0 saturated heterocycles. The van der Waals surface area contributed by atoms with E-state index in [1.807, 2.05) is 72.6 Å². The average molecular weight is 555 g/mol. The van der Waals surface area contributed by atoms with Crippen molar-refractivity contribution in [3.05, 3.63) is 72.4 Å². The molecule has 2 fully saturated rings. The van der Waals surface area contributed by atoms with E-state index in [2.05, 4.69) is 15.6 Å². The van der Waals surface area contributed by atoms with Gasteiger partial charge in [-0.1, -0.05) is 54.6 Å². The largest absolute Gasteiger partial charge is 0.465 e. The molecule has 1 heterocycles. The lowest BCUT2D eigenvalue weighted by atomic mass is 9.71. The number of aromatic nitrogens is 1. The number of carbonyl (C=O) groups is 3. The number of pyridine rings is 1. The number of rotatable bonds is 8. The maximum atomic E-state index is 13.0. The Labute approximate surface area is 241 Å². The fourth-order valence-corrected chi connectivity index (χ4v) is 6.25. The first-order valence-corrected chi connectivity index (χ1v) is 14.4. The van der Waals surface area contributed by atoms with Crippen molar-refractivity contribution in [1.29, 1.82) is 0 Å². The molecule has 8 heteroatoms. The Morgan fingerprint density at radius 3 is 2.20 bits per heavy atom. The molecule has 2 aliphatic rings. The number of hydrogen-bond acceptors (Lipinski definition) is 4. The van der Waals surface area contributed by atoms with Gasteiger partial charge >= 0.3 is 6.09 Å². The van der Waals surface area contributed by atoms with E-state index in [0.717, 1.165) is 72.8 Å². The number of carboxylic acid groups (broad SMARTS) is 1. The van der Waals surface area contributed by atoms with Gasteiger partial charge in [0.25, 0.3) is 0 Å². The van der Waals surface area contributed by atoms with Crippen LogP contribution in [0.5, 0.6) is 0 Å². The van der Waals surface area contributed by atoms with Gasteiger partial charge in [0.1, 0.15) is 5.82 Å². The molecule has 0 unspecified atom stereocenters. The minimum absolute atomic E-state index is 0.0475. The van der Waals surface area contributed by atoms with Crippen molar-refractivity contribution in [3.8, 4) is 22.3 Å². The summed E-state index contributed by atoms with van der Waals surface area (Å²) < 4.78 is 0. The molecule has 0 spiro atoms. The van der Waals surface area contributed by atoms with Crippen LogP contribution in [0.3, 0.4) is 0 Å². The first-order chi connectivity index (χ1) is 19.7. The summed E-state index contributed by atoms with van der Waals surface area (Å²) >= 11 is 0. The second-order valence-electron chi connectivity index (χ2n) is 11.5. The van der Waals surface area contributed by atoms with Crippen LogP contribution in [-0.2, 0) is 15.1 Å². The van der Waals surface area contributed by atoms with Crippen LogP contribution in [0.1, 0.15) is 63.9 Å². The maximum absolute atomic E-state index is 13.0. The average Bonchev–Trinajstić information content (AvgIpc) is 2.95. The lowest BCUT2D eigenvalue weighted by Gasteiger charge is -2.42. The zero-order valence-electron chi connectivity index (χ0n) is 23.7. The number of amides is 3. The third-order valence-electron chi connectivity index (χ3n) is 8.89. The second-order valence-corrected chi connectivity index (χ2v) is 11.5. The topological polar surface area (TPSA) is 112 Å². The molecule has 3 aromatic rings. The molecule has 0 atom stereocenters. The van der Waals surface area contributed by atoms with Crippen LogP contribution in [0.4, 0.5) is 10.6 Å². The highest BCUT2D eigenvalue weighted by atomic mass is 16.4. The summed E-state index contributed by atoms with van der Waals surface area (Å²) in [4.78, 5) is 42.5. The molecule has 5 rings (SSSR count). The van der Waals surface area contributed by atoms with Crippen LogP contribution >= 0.6 is 0 Å². The van der Waals surface area contributed by atoms with E-state index in [1.54, 1.807) is 13.1 Å². The number of nitrogens with one attached hydrogen (secondary N) is 2. The summed E-state index contributed by atoms with van der Waals surface area (Å²) in [6.07, 6.45) is 7.51. The van der Waals surface area contributed by atoms with Crippen molar-refractivity contribution in [1.82, 2.24) is 15.2 Å². The standard InChI is InChI=1S/C33H38N4O4/c1-22(38)37(2)27-15-9-23(10-16-27)19-31(39)35-30-20-28(24-7-4-3-5-8-24)29(21-34-30)25-11-13-26(14-12-25)33(17-6-18-33)36-32(40)41/h3-5,7-8,11-14,20-21,23,27,36H,6,9-10,15-19H2,1-2H3,(H,40,41)(H,34,35,39)/t23-,27-. The van der Waals surface area contributed by atoms with E-state index < -0.39 is 11.6 Å². The molecule has 2 saturated carbocycles. The van der Waals surface area contributed by atoms with E-state index in [-0.39, 0.29) is 17.9 Å². The first kappa shape index (κ1) is 28.3. The Balaban J connectivity index is 1.32. The molecule has 41 heavy (non-hydrogen) atoms. The van der Waals surface area contributed by atoms with Crippen molar-refractivity contribution >= 4 is 23.7 Å². The van der Waals surface area contributed by atoms with E-state index in [1.165, 1.54) is 0 Å². The molecular weight excluding hydrogens is 516 g/mol. The first-order valence-electron chi connectivity index (χ1n) is 14.4. The quantitative estimate of drug-likeness (QED) is 0.297. The normalized spacial score (nSPS) is 19.5. The zero-order valence-corrected chi connectivity index (χ0v) is 23.7. The number of carbonyl (C=O) groups excluding carboxylic acids is 2. The van der Waals surface area contributed by atoms with Gasteiger partial charge in [-0.3, -0.25) is 9.59 Å². The van der Waals surface area contributed by atoms with E-state index >= 15 is 0 Å². The van der Waals surface area contributed by atoms with Crippen molar-refractivity contribution < 1.29 is 19.5 Å². The molecule has 0 aliphatic heterocycles. The predicted molar refractivity (Wildman–Crippen MR) is 159 cm³/mol. The highest BCUT2D eigenvalue weighted by Gasteiger charge is 2.40. The minimum atomic E-state index is -1.00. The van der Waals surface area contributed by atoms with Crippen LogP contribution < -0.4 is 10.6 Å². The van der Waals surface area contributed by atoms with Crippen molar-refractivity contribution in [2.75, 3.05) is 12.4 Å². The van der Waals surface area contributed by atoms with Gasteiger partial charge in [-0.15, -0.1) is 0 Å². The monoisotopic (exact) mass is 554 g/mol. The molecule has 3 amide bonds. The van der Waals surface area contributed by atoms with Gasteiger partial charge in [-0.2, -0.15) is 0 Å². The molecule has 2 aromatic carbocycles. The third kappa shape index (κ3) is 6.42. The summed E-state index contributed by atoms with van der Waals surface area (Å²) in [6.45, 7) is 1.60. The lowest BCUT2D eigenvalue weighted by molar-refractivity contribution is -0.130. The molecule has 2 aliphatic carbocycles. The summed E-state index contributed by atoms with van der Waals surface area (Å²) in [5, 5.41) is 15.1. The molecule has 8 nitrogen and oxygen atoms in total. The molecule has 0 bridgehead atoms. The molecule has 0 radical (unpaired) electrons. The van der Waals surface area contributed by atoms with Crippen LogP contribution in [0.25, 0.3) is 22.3 Å². The fourth-order valence-electron chi connectivity index (χ4n) is 6.25. The van der Waals surface area contributed by atoms with E-state index in [9.17, 15) is 19.5 Å². The molecule has 3 N–H and O–H groups in total. The maximum Gasteiger partial charge on any atom is 0.405 e. The van der Waals surface area contributed by atoms with Crippen LogP contribution in [0.15, 0.2) is 66.9 Å². The highest BCUT2D eigenvalue weighted by Crippen LogP contribution is 2.42. The van der Waals surface area contributed by atoms with Gasteiger partial charge < -0.3 is 20.6 Å². The Kier molecular flexibility index (Phi) is 8.38. The van der Waals surface area contributed by atoms with Crippen molar-refractivity contribution in [2.45, 2.75) is 69.9 Å². The SMILES string of the molecule is CC(=O)N(C)[C@H]1CC[C@H](CC(=O)Nc2cc(-c3ccccc3)c(-c3ccc(C4(NC(=O)O)CCC4)cc3)cn2)CC1. The minimum Gasteiger partial charge on any atom is -0.465 e. The van der Waals surface area contributed by atoms with Gasteiger partial charge in [-0.25, -0.2) is 9.78 Å². The van der Waals surface area contributed by atoms with Crippen LogP contribution in [0.2, 0.25) is 0 Å². The van der Waals surface area contributed by atoms with Gasteiger partial charge in [0.15, 0.2) is 0 Å². The van der Waals surface area contributed by atoms with Gasteiger partial charge in [0.05, 0.1) is 5.54 Å².